The average Bonchev–Trinajstić information content (AvgIpc) is 2.89. The predicted octanol–water partition coefficient (Wildman–Crippen LogP) is 3.77. The molecule has 0 radical (unpaired) electrons. The number of rotatable bonds is 5. The minimum Gasteiger partial charge on any atom is -0.489 e. The van der Waals surface area contributed by atoms with Gasteiger partial charge in [-0.2, -0.15) is 11.3 Å². The Balaban J connectivity index is 1.94. The zero-order chi connectivity index (χ0) is 12.1. The molecule has 2 aromatic rings. The maximum atomic E-state index is 9.66. The van der Waals surface area contributed by atoms with Crippen LogP contribution in [0.5, 0.6) is 5.75 Å². The first kappa shape index (κ1) is 12.1. The van der Waals surface area contributed by atoms with Crippen molar-refractivity contribution >= 4 is 11.3 Å². The summed E-state index contributed by atoms with van der Waals surface area (Å²) >= 11 is 1.67. The SMILES string of the molecule is CC[C@@H](O)c1ccc(OCc2ccsc2)cc1. The Morgan fingerprint density at radius 1 is 1.24 bits per heavy atom. The molecule has 1 N–H and O–H groups in total. The summed E-state index contributed by atoms with van der Waals surface area (Å²) < 4.78 is 5.64. The molecule has 0 aliphatic heterocycles. The molecular weight excluding hydrogens is 232 g/mol. The van der Waals surface area contributed by atoms with Crippen LogP contribution in [-0.4, -0.2) is 5.11 Å². The van der Waals surface area contributed by atoms with Crippen LogP contribution in [0.3, 0.4) is 0 Å². The van der Waals surface area contributed by atoms with Gasteiger partial charge in [0, 0.05) is 0 Å². The highest BCUT2D eigenvalue weighted by Gasteiger charge is 2.04. The first-order valence-electron chi connectivity index (χ1n) is 5.71. The largest absolute Gasteiger partial charge is 0.489 e. The van der Waals surface area contributed by atoms with E-state index in [1.54, 1.807) is 11.3 Å². The molecular formula is C14H16O2S. The molecule has 1 atom stereocenters. The second-order valence-corrected chi connectivity index (χ2v) is 4.69. The second-order valence-electron chi connectivity index (χ2n) is 3.91. The predicted molar refractivity (Wildman–Crippen MR) is 70.3 cm³/mol. The fraction of sp³-hybridized carbons (Fsp3) is 0.286. The zero-order valence-electron chi connectivity index (χ0n) is 9.80. The summed E-state index contributed by atoms with van der Waals surface area (Å²) in [7, 11) is 0. The van der Waals surface area contributed by atoms with E-state index in [2.05, 4.69) is 11.4 Å². The van der Waals surface area contributed by atoms with Gasteiger partial charge in [0.2, 0.25) is 0 Å². The number of hydrogen-bond acceptors (Lipinski definition) is 3. The van der Waals surface area contributed by atoms with Crippen molar-refractivity contribution in [2.24, 2.45) is 0 Å². The molecule has 0 spiro atoms. The lowest BCUT2D eigenvalue weighted by molar-refractivity contribution is 0.173. The minimum absolute atomic E-state index is 0.374. The first-order valence-corrected chi connectivity index (χ1v) is 6.65. The molecule has 0 saturated heterocycles. The number of benzene rings is 1. The maximum Gasteiger partial charge on any atom is 0.119 e. The molecule has 0 amide bonds. The van der Waals surface area contributed by atoms with Crippen molar-refractivity contribution in [3.05, 3.63) is 52.2 Å². The van der Waals surface area contributed by atoms with Crippen molar-refractivity contribution in [2.45, 2.75) is 26.1 Å². The van der Waals surface area contributed by atoms with Gasteiger partial charge in [-0.3, -0.25) is 0 Å². The lowest BCUT2D eigenvalue weighted by atomic mass is 10.1. The average molecular weight is 248 g/mol. The topological polar surface area (TPSA) is 29.5 Å². The van der Waals surface area contributed by atoms with Gasteiger partial charge in [0.25, 0.3) is 0 Å². The summed E-state index contributed by atoms with van der Waals surface area (Å²) in [6.07, 6.45) is 0.357. The van der Waals surface area contributed by atoms with E-state index in [1.165, 1.54) is 5.56 Å². The van der Waals surface area contributed by atoms with Gasteiger partial charge in [-0.15, -0.1) is 0 Å². The third-order valence-electron chi connectivity index (χ3n) is 2.64. The standard InChI is InChI=1S/C14H16O2S/c1-2-14(15)12-3-5-13(6-4-12)16-9-11-7-8-17-10-11/h3-8,10,14-15H,2,9H2,1H3/t14-/m1/s1. The van der Waals surface area contributed by atoms with Crippen molar-refractivity contribution in [3.63, 3.8) is 0 Å². The molecule has 2 nitrogen and oxygen atoms in total. The van der Waals surface area contributed by atoms with Crippen molar-refractivity contribution in [1.29, 1.82) is 0 Å². The van der Waals surface area contributed by atoms with Crippen molar-refractivity contribution in [2.75, 3.05) is 0 Å². The van der Waals surface area contributed by atoms with Crippen LogP contribution in [0.25, 0.3) is 0 Å². The quantitative estimate of drug-likeness (QED) is 0.872. The summed E-state index contributed by atoms with van der Waals surface area (Å²) in [5.41, 5.74) is 2.13. The Hall–Kier alpha value is -1.32. The Labute approximate surface area is 105 Å². The Morgan fingerprint density at radius 2 is 2.00 bits per heavy atom. The van der Waals surface area contributed by atoms with E-state index in [0.717, 1.165) is 17.7 Å². The van der Waals surface area contributed by atoms with Crippen molar-refractivity contribution in [1.82, 2.24) is 0 Å². The molecule has 0 aliphatic rings. The molecule has 1 aromatic carbocycles. The third-order valence-corrected chi connectivity index (χ3v) is 3.37. The van der Waals surface area contributed by atoms with Crippen LogP contribution >= 0.6 is 11.3 Å². The smallest absolute Gasteiger partial charge is 0.119 e. The highest BCUT2D eigenvalue weighted by atomic mass is 32.1. The maximum absolute atomic E-state index is 9.66. The van der Waals surface area contributed by atoms with Gasteiger partial charge < -0.3 is 9.84 Å². The van der Waals surface area contributed by atoms with Gasteiger partial charge in [-0.1, -0.05) is 19.1 Å². The van der Waals surface area contributed by atoms with E-state index in [-0.39, 0.29) is 6.10 Å². The number of thiophene rings is 1. The van der Waals surface area contributed by atoms with Gasteiger partial charge in [0.15, 0.2) is 0 Å². The van der Waals surface area contributed by atoms with E-state index in [9.17, 15) is 5.11 Å². The summed E-state index contributed by atoms with van der Waals surface area (Å²) in [4.78, 5) is 0. The van der Waals surface area contributed by atoms with Crippen LogP contribution in [0.15, 0.2) is 41.1 Å². The van der Waals surface area contributed by atoms with E-state index in [0.29, 0.717) is 6.61 Å². The van der Waals surface area contributed by atoms with Crippen LogP contribution < -0.4 is 4.74 Å². The van der Waals surface area contributed by atoms with E-state index < -0.39 is 0 Å². The zero-order valence-corrected chi connectivity index (χ0v) is 10.6. The molecule has 0 saturated carbocycles. The number of aliphatic hydroxyl groups excluding tert-OH is 1. The van der Waals surface area contributed by atoms with Crippen molar-refractivity contribution in [3.8, 4) is 5.75 Å². The molecule has 0 unspecified atom stereocenters. The molecule has 2 rings (SSSR count). The third kappa shape index (κ3) is 3.32. The minimum atomic E-state index is -0.374. The Bertz CT molecular complexity index is 434. The highest BCUT2D eigenvalue weighted by Crippen LogP contribution is 2.20. The molecule has 1 aromatic heterocycles. The molecule has 0 aliphatic carbocycles. The number of hydrogen-bond donors (Lipinski definition) is 1. The van der Waals surface area contributed by atoms with Crippen LogP contribution in [0.2, 0.25) is 0 Å². The second kappa shape index (κ2) is 5.84. The van der Waals surface area contributed by atoms with Crippen LogP contribution in [0, 0.1) is 0 Å². The number of ether oxygens (including phenoxy) is 1. The van der Waals surface area contributed by atoms with Gasteiger partial charge in [0.1, 0.15) is 12.4 Å². The molecule has 3 heteroatoms. The van der Waals surface area contributed by atoms with Crippen LogP contribution in [0.1, 0.15) is 30.6 Å². The highest BCUT2D eigenvalue weighted by molar-refractivity contribution is 7.07. The summed E-state index contributed by atoms with van der Waals surface area (Å²) in [6.45, 7) is 2.56. The van der Waals surface area contributed by atoms with Gasteiger partial charge in [-0.05, 0) is 46.5 Å². The fourth-order valence-corrected chi connectivity index (χ4v) is 2.22. The van der Waals surface area contributed by atoms with E-state index in [4.69, 9.17) is 4.74 Å². The Kier molecular flexibility index (Phi) is 4.18. The normalized spacial score (nSPS) is 12.4. The van der Waals surface area contributed by atoms with Gasteiger partial charge in [-0.25, -0.2) is 0 Å². The van der Waals surface area contributed by atoms with Gasteiger partial charge >= 0.3 is 0 Å². The lowest BCUT2D eigenvalue weighted by Gasteiger charge is -2.09. The van der Waals surface area contributed by atoms with Crippen LogP contribution in [-0.2, 0) is 6.61 Å². The lowest BCUT2D eigenvalue weighted by Crippen LogP contribution is -1.96. The first-order chi connectivity index (χ1) is 8.29. The molecule has 0 bridgehead atoms. The van der Waals surface area contributed by atoms with E-state index in [1.807, 2.05) is 36.6 Å². The number of aliphatic hydroxyl groups is 1. The van der Waals surface area contributed by atoms with Crippen molar-refractivity contribution < 1.29 is 9.84 Å². The summed E-state index contributed by atoms with van der Waals surface area (Å²) in [5, 5.41) is 13.8. The molecule has 0 fully saturated rings. The monoisotopic (exact) mass is 248 g/mol. The Morgan fingerprint density at radius 3 is 2.59 bits per heavy atom. The van der Waals surface area contributed by atoms with Crippen LogP contribution in [0.4, 0.5) is 0 Å². The van der Waals surface area contributed by atoms with Gasteiger partial charge in [0.05, 0.1) is 6.10 Å². The summed E-state index contributed by atoms with van der Waals surface area (Å²) in [6, 6.07) is 9.69. The van der Waals surface area contributed by atoms with E-state index >= 15 is 0 Å². The molecule has 90 valence electrons. The summed E-state index contributed by atoms with van der Waals surface area (Å²) in [5.74, 6) is 0.836. The molecule has 1 heterocycles. The molecule has 17 heavy (non-hydrogen) atoms. The fourth-order valence-electron chi connectivity index (χ4n) is 1.56.